The summed E-state index contributed by atoms with van der Waals surface area (Å²) >= 11 is 9.34. The lowest BCUT2D eigenvalue weighted by Crippen LogP contribution is -2.38. The molecule has 0 saturated carbocycles. The van der Waals surface area contributed by atoms with E-state index >= 15 is 0 Å². The Bertz CT molecular complexity index is 347. The Morgan fingerprint density at radius 2 is 1.94 bits per heavy atom. The van der Waals surface area contributed by atoms with Gasteiger partial charge in [-0.1, -0.05) is 11.6 Å². The number of anilines is 1. The van der Waals surface area contributed by atoms with E-state index in [9.17, 15) is 0 Å². The zero-order valence-corrected chi connectivity index (χ0v) is 12.2. The van der Waals surface area contributed by atoms with Gasteiger partial charge in [0.1, 0.15) is 0 Å². The van der Waals surface area contributed by atoms with E-state index in [1.54, 1.807) is 0 Å². The number of halogens is 2. The Hall–Kier alpha value is -0.250. The largest absolute Gasteiger partial charge is 0.383 e. The van der Waals surface area contributed by atoms with E-state index in [4.69, 9.17) is 11.6 Å². The predicted octanol–water partition coefficient (Wildman–Crippen LogP) is 3.90. The lowest BCUT2D eigenvalue weighted by molar-refractivity contribution is 0.435. The Labute approximate surface area is 111 Å². The third-order valence-electron chi connectivity index (χ3n) is 2.03. The van der Waals surface area contributed by atoms with Crippen molar-refractivity contribution in [1.82, 2.24) is 5.32 Å². The molecular formula is C12H18BrClN2. The van der Waals surface area contributed by atoms with Crippen LogP contribution in [0.3, 0.4) is 0 Å². The van der Waals surface area contributed by atoms with Gasteiger partial charge in [0.15, 0.2) is 0 Å². The SMILES string of the molecule is CC(C)(C)NCCNc1ccc(Cl)cc1Br. The number of rotatable bonds is 4. The molecule has 0 aliphatic heterocycles. The third kappa shape index (κ3) is 5.19. The molecular weight excluding hydrogens is 288 g/mol. The van der Waals surface area contributed by atoms with Crippen LogP contribution in [0.5, 0.6) is 0 Å². The summed E-state index contributed by atoms with van der Waals surface area (Å²) in [6, 6.07) is 5.75. The molecule has 0 amide bonds. The monoisotopic (exact) mass is 304 g/mol. The fourth-order valence-electron chi connectivity index (χ4n) is 1.27. The minimum atomic E-state index is 0.166. The van der Waals surface area contributed by atoms with Crippen LogP contribution >= 0.6 is 27.5 Å². The van der Waals surface area contributed by atoms with Crippen LogP contribution in [-0.4, -0.2) is 18.6 Å². The Kier molecular flexibility index (Phi) is 5.09. The van der Waals surface area contributed by atoms with Crippen LogP contribution in [0.1, 0.15) is 20.8 Å². The molecule has 0 radical (unpaired) electrons. The highest BCUT2D eigenvalue weighted by Gasteiger charge is 2.07. The van der Waals surface area contributed by atoms with Gasteiger partial charge in [0.25, 0.3) is 0 Å². The molecule has 0 bridgehead atoms. The summed E-state index contributed by atoms with van der Waals surface area (Å²) in [5, 5.41) is 7.50. The molecule has 0 fully saturated rings. The molecule has 0 aliphatic carbocycles. The van der Waals surface area contributed by atoms with E-state index in [1.165, 1.54) is 0 Å². The van der Waals surface area contributed by atoms with Crippen molar-refractivity contribution in [2.24, 2.45) is 0 Å². The predicted molar refractivity (Wildman–Crippen MR) is 75.4 cm³/mol. The molecule has 16 heavy (non-hydrogen) atoms. The standard InChI is InChI=1S/C12H18BrClN2/c1-12(2,3)16-7-6-15-11-5-4-9(14)8-10(11)13/h4-5,8,15-16H,6-7H2,1-3H3. The average Bonchev–Trinajstić information content (AvgIpc) is 2.13. The normalized spacial score (nSPS) is 11.6. The van der Waals surface area contributed by atoms with Gasteiger partial charge in [0, 0.05) is 33.8 Å². The molecule has 1 aromatic carbocycles. The van der Waals surface area contributed by atoms with Gasteiger partial charge in [-0.2, -0.15) is 0 Å². The zero-order chi connectivity index (χ0) is 12.2. The van der Waals surface area contributed by atoms with Crippen LogP contribution in [0.15, 0.2) is 22.7 Å². The zero-order valence-electron chi connectivity index (χ0n) is 9.90. The van der Waals surface area contributed by atoms with Crippen molar-refractivity contribution in [1.29, 1.82) is 0 Å². The lowest BCUT2D eigenvalue weighted by Gasteiger charge is -2.20. The van der Waals surface area contributed by atoms with Crippen LogP contribution in [0.25, 0.3) is 0 Å². The van der Waals surface area contributed by atoms with E-state index in [-0.39, 0.29) is 5.54 Å². The van der Waals surface area contributed by atoms with E-state index in [2.05, 4.69) is 47.3 Å². The molecule has 2 N–H and O–H groups in total. The van der Waals surface area contributed by atoms with Crippen molar-refractivity contribution in [2.45, 2.75) is 26.3 Å². The molecule has 0 unspecified atom stereocenters. The molecule has 0 saturated heterocycles. The number of benzene rings is 1. The van der Waals surface area contributed by atoms with Crippen molar-refractivity contribution in [3.05, 3.63) is 27.7 Å². The molecule has 0 heterocycles. The van der Waals surface area contributed by atoms with Crippen LogP contribution in [0, 0.1) is 0 Å². The summed E-state index contributed by atoms with van der Waals surface area (Å²) in [6.45, 7) is 8.29. The van der Waals surface area contributed by atoms with Crippen LogP contribution < -0.4 is 10.6 Å². The van der Waals surface area contributed by atoms with Gasteiger partial charge >= 0.3 is 0 Å². The second kappa shape index (κ2) is 5.89. The first-order valence-electron chi connectivity index (χ1n) is 5.32. The maximum atomic E-state index is 5.87. The minimum Gasteiger partial charge on any atom is -0.383 e. The van der Waals surface area contributed by atoms with Crippen molar-refractivity contribution in [2.75, 3.05) is 18.4 Å². The molecule has 0 aromatic heterocycles. The fourth-order valence-corrected chi connectivity index (χ4v) is 2.09. The molecule has 0 atom stereocenters. The van der Waals surface area contributed by atoms with Gasteiger partial charge in [-0.05, 0) is 54.9 Å². The summed E-state index contributed by atoms with van der Waals surface area (Å²) in [5.74, 6) is 0. The van der Waals surface area contributed by atoms with Crippen LogP contribution in [0.2, 0.25) is 5.02 Å². The quantitative estimate of drug-likeness (QED) is 0.824. The van der Waals surface area contributed by atoms with Crippen molar-refractivity contribution in [3.8, 4) is 0 Å². The van der Waals surface area contributed by atoms with Gasteiger partial charge in [0.05, 0.1) is 0 Å². The smallest absolute Gasteiger partial charge is 0.0486 e. The molecule has 4 heteroatoms. The highest BCUT2D eigenvalue weighted by Crippen LogP contribution is 2.25. The second-order valence-corrected chi connectivity index (χ2v) is 6.02. The van der Waals surface area contributed by atoms with Crippen molar-refractivity contribution in [3.63, 3.8) is 0 Å². The molecule has 90 valence electrons. The van der Waals surface area contributed by atoms with Gasteiger partial charge in [-0.3, -0.25) is 0 Å². The first-order chi connectivity index (χ1) is 7.38. The topological polar surface area (TPSA) is 24.1 Å². The van der Waals surface area contributed by atoms with E-state index in [1.807, 2.05) is 18.2 Å². The minimum absolute atomic E-state index is 0.166. The fraction of sp³-hybridized carbons (Fsp3) is 0.500. The van der Waals surface area contributed by atoms with E-state index in [0.29, 0.717) is 0 Å². The van der Waals surface area contributed by atoms with Gasteiger partial charge in [-0.25, -0.2) is 0 Å². The molecule has 1 rings (SSSR count). The Morgan fingerprint density at radius 1 is 1.25 bits per heavy atom. The molecule has 2 nitrogen and oxygen atoms in total. The molecule has 0 aliphatic rings. The highest BCUT2D eigenvalue weighted by molar-refractivity contribution is 9.10. The first kappa shape index (κ1) is 13.8. The molecule has 1 aromatic rings. The van der Waals surface area contributed by atoms with Crippen molar-refractivity contribution >= 4 is 33.2 Å². The second-order valence-electron chi connectivity index (χ2n) is 4.73. The van der Waals surface area contributed by atoms with Crippen LogP contribution in [0.4, 0.5) is 5.69 Å². The maximum Gasteiger partial charge on any atom is 0.0486 e. The molecule has 0 spiro atoms. The summed E-state index contributed by atoms with van der Waals surface area (Å²) < 4.78 is 0.996. The van der Waals surface area contributed by atoms with E-state index in [0.717, 1.165) is 28.3 Å². The summed E-state index contributed by atoms with van der Waals surface area (Å²) in [6.07, 6.45) is 0. The average molecular weight is 306 g/mol. The van der Waals surface area contributed by atoms with E-state index < -0.39 is 0 Å². The van der Waals surface area contributed by atoms with Gasteiger partial charge in [-0.15, -0.1) is 0 Å². The lowest BCUT2D eigenvalue weighted by atomic mass is 10.1. The maximum absolute atomic E-state index is 5.87. The van der Waals surface area contributed by atoms with Gasteiger partial charge in [0.2, 0.25) is 0 Å². The summed E-state index contributed by atoms with van der Waals surface area (Å²) in [4.78, 5) is 0. The Balaban J connectivity index is 2.38. The number of hydrogen-bond acceptors (Lipinski definition) is 2. The van der Waals surface area contributed by atoms with Gasteiger partial charge < -0.3 is 10.6 Å². The summed E-state index contributed by atoms with van der Waals surface area (Å²) in [7, 11) is 0. The summed E-state index contributed by atoms with van der Waals surface area (Å²) in [5.41, 5.74) is 1.24. The van der Waals surface area contributed by atoms with Crippen LogP contribution in [-0.2, 0) is 0 Å². The Morgan fingerprint density at radius 3 is 2.50 bits per heavy atom. The van der Waals surface area contributed by atoms with Crippen molar-refractivity contribution < 1.29 is 0 Å². The number of nitrogens with one attached hydrogen (secondary N) is 2. The first-order valence-corrected chi connectivity index (χ1v) is 6.49. The third-order valence-corrected chi connectivity index (χ3v) is 2.92. The number of hydrogen-bond donors (Lipinski definition) is 2. The highest BCUT2D eigenvalue weighted by atomic mass is 79.9.